The summed E-state index contributed by atoms with van der Waals surface area (Å²) in [6.45, 7) is 5.31. The third-order valence-electron chi connectivity index (χ3n) is 5.56. The second kappa shape index (κ2) is 17.4. The fourth-order valence-electron chi connectivity index (χ4n) is 3.53. The van der Waals surface area contributed by atoms with E-state index < -0.39 is 0 Å². The molecule has 0 aliphatic carbocycles. The molecule has 1 N–H and O–H groups in total. The number of allylic oxidation sites excluding steroid dienone is 3. The highest BCUT2D eigenvalue weighted by Crippen LogP contribution is 2.18. The molecule has 0 aromatic carbocycles. The minimum atomic E-state index is -0.175. The van der Waals surface area contributed by atoms with Crippen LogP contribution in [0, 0.1) is 6.92 Å². The molecular formula is C26H42N2O4. The first-order chi connectivity index (χ1) is 15.5. The Balaban J connectivity index is 2.78. The van der Waals surface area contributed by atoms with Gasteiger partial charge in [0, 0.05) is 37.3 Å². The van der Waals surface area contributed by atoms with E-state index in [1.54, 1.807) is 6.08 Å². The number of ether oxygens (including phenoxy) is 1. The average molecular weight is 447 g/mol. The first-order valence-electron chi connectivity index (χ1n) is 12.1. The summed E-state index contributed by atoms with van der Waals surface area (Å²) < 4.78 is 6.71. The maximum Gasteiger partial charge on any atom is 0.305 e. The van der Waals surface area contributed by atoms with Crippen molar-refractivity contribution in [3.05, 3.63) is 35.2 Å². The van der Waals surface area contributed by atoms with Crippen LogP contribution < -0.4 is 0 Å². The number of aliphatic hydroxyl groups is 1. The number of unbranched alkanes of at least 4 members (excludes halogenated alkanes) is 6. The molecule has 0 radical (unpaired) electrons. The minimum absolute atomic E-state index is 0.152. The first kappa shape index (κ1) is 27.8. The molecule has 1 heterocycles. The molecule has 0 aliphatic rings. The highest BCUT2D eigenvalue weighted by Gasteiger charge is 2.12. The van der Waals surface area contributed by atoms with Crippen LogP contribution in [0.4, 0.5) is 0 Å². The Morgan fingerprint density at radius 1 is 1.03 bits per heavy atom. The fraction of sp³-hybridized carbons (Fsp3) is 0.654. The monoisotopic (exact) mass is 446 g/mol. The van der Waals surface area contributed by atoms with Crippen molar-refractivity contribution in [1.29, 1.82) is 0 Å². The van der Waals surface area contributed by atoms with Crippen molar-refractivity contribution < 1.29 is 19.4 Å². The summed E-state index contributed by atoms with van der Waals surface area (Å²) in [7, 11) is 1.41. The van der Waals surface area contributed by atoms with Gasteiger partial charge < -0.3 is 9.84 Å². The van der Waals surface area contributed by atoms with Crippen LogP contribution >= 0.6 is 0 Å². The molecule has 6 heteroatoms. The molecule has 0 aliphatic heterocycles. The predicted molar refractivity (Wildman–Crippen MR) is 129 cm³/mol. The van der Waals surface area contributed by atoms with Crippen molar-refractivity contribution in [2.24, 2.45) is 0 Å². The van der Waals surface area contributed by atoms with Gasteiger partial charge in [0.2, 0.25) is 0 Å². The number of methoxy groups -OCH3 is 1. The fourth-order valence-corrected chi connectivity index (χ4v) is 3.53. The SMILES string of the molecule is CCCCCC(=O)/C=C/c1nn(CCCCCCO)c(C)c1C/C=C\CCCC(=O)OC. The van der Waals surface area contributed by atoms with Gasteiger partial charge in [0.1, 0.15) is 0 Å². The van der Waals surface area contributed by atoms with E-state index in [9.17, 15) is 9.59 Å². The number of carbonyl (C=O) groups is 2. The molecule has 1 rings (SSSR count). The van der Waals surface area contributed by atoms with Gasteiger partial charge in [0.25, 0.3) is 0 Å². The van der Waals surface area contributed by atoms with E-state index in [0.717, 1.165) is 87.7 Å². The lowest BCUT2D eigenvalue weighted by atomic mass is 10.1. The van der Waals surface area contributed by atoms with E-state index in [-0.39, 0.29) is 18.4 Å². The van der Waals surface area contributed by atoms with E-state index in [2.05, 4.69) is 30.7 Å². The lowest BCUT2D eigenvalue weighted by Crippen LogP contribution is -2.03. The predicted octanol–water partition coefficient (Wildman–Crippen LogP) is 5.35. The summed E-state index contributed by atoms with van der Waals surface area (Å²) in [4.78, 5) is 23.4. The van der Waals surface area contributed by atoms with E-state index in [1.165, 1.54) is 7.11 Å². The Morgan fingerprint density at radius 2 is 1.81 bits per heavy atom. The molecule has 1 aromatic heterocycles. The van der Waals surface area contributed by atoms with Gasteiger partial charge in [-0.25, -0.2) is 0 Å². The Morgan fingerprint density at radius 3 is 2.53 bits per heavy atom. The van der Waals surface area contributed by atoms with Crippen molar-refractivity contribution in [3.63, 3.8) is 0 Å². The molecule has 1 aromatic rings. The smallest absolute Gasteiger partial charge is 0.305 e. The molecule has 0 atom stereocenters. The molecule has 6 nitrogen and oxygen atoms in total. The topological polar surface area (TPSA) is 81.4 Å². The number of aryl methyl sites for hydroxylation is 1. The molecule has 0 fully saturated rings. The third kappa shape index (κ3) is 11.4. The van der Waals surface area contributed by atoms with E-state index in [1.807, 2.05) is 10.8 Å². The normalized spacial score (nSPS) is 11.6. The van der Waals surface area contributed by atoms with Gasteiger partial charge in [-0.3, -0.25) is 14.3 Å². The first-order valence-corrected chi connectivity index (χ1v) is 12.1. The number of carbonyl (C=O) groups excluding carboxylic acids is 2. The van der Waals surface area contributed by atoms with Gasteiger partial charge >= 0.3 is 5.97 Å². The maximum atomic E-state index is 12.2. The second-order valence-electron chi connectivity index (χ2n) is 8.21. The van der Waals surface area contributed by atoms with Crippen LogP contribution in [0.5, 0.6) is 0 Å². The van der Waals surface area contributed by atoms with Crippen LogP contribution in [0.3, 0.4) is 0 Å². The van der Waals surface area contributed by atoms with Gasteiger partial charge in [-0.05, 0) is 57.6 Å². The summed E-state index contributed by atoms with van der Waals surface area (Å²) in [5, 5.41) is 13.7. The average Bonchev–Trinajstić information content (AvgIpc) is 3.09. The Bertz CT molecular complexity index is 734. The van der Waals surface area contributed by atoms with E-state index in [0.29, 0.717) is 12.8 Å². The highest BCUT2D eigenvalue weighted by molar-refractivity contribution is 5.93. The van der Waals surface area contributed by atoms with Crippen LogP contribution in [0.25, 0.3) is 6.08 Å². The zero-order valence-electron chi connectivity index (χ0n) is 20.3. The van der Waals surface area contributed by atoms with Crippen molar-refractivity contribution in [2.45, 2.75) is 97.4 Å². The van der Waals surface area contributed by atoms with Gasteiger partial charge in [-0.1, -0.05) is 44.8 Å². The van der Waals surface area contributed by atoms with Crippen LogP contribution in [-0.4, -0.2) is 40.4 Å². The van der Waals surface area contributed by atoms with Gasteiger partial charge in [-0.2, -0.15) is 5.10 Å². The third-order valence-corrected chi connectivity index (χ3v) is 5.56. The minimum Gasteiger partial charge on any atom is -0.469 e. The van der Waals surface area contributed by atoms with Crippen LogP contribution in [-0.2, 0) is 27.3 Å². The summed E-state index contributed by atoms with van der Waals surface area (Å²) in [6.07, 6.45) is 18.2. The van der Waals surface area contributed by atoms with Crippen molar-refractivity contribution in [2.75, 3.05) is 13.7 Å². The lowest BCUT2D eigenvalue weighted by Gasteiger charge is -2.05. The number of aromatic nitrogens is 2. The summed E-state index contributed by atoms with van der Waals surface area (Å²) in [5.74, 6) is -0.0236. The van der Waals surface area contributed by atoms with Gasteiger partial charge in [-0.15, -0.1) is 0 Å². The van der Waals surface area contributed by atoms with Gasteiger partial charge in [0.15, 0.2) is 5.78 Å². The summed E-state index contributed by atoms with van der Waals surface area (Å²) >= 11 is 0. The van der Waals surface area contributed by atoms with E-state index >= 15 is 0 Å². The van der Waals surface area contributed by atoms with Crippen LogP contribution in [0.2, 0.25) is 0 Å². The quantitative estimate of drug-likeness (QED) is 0.142. The zero-order valence-corrected chi connectivity index (χ0v) is 20.3. The molecule has 0 saturated heterocycles. The van der Waals surface area contributed by atoms with Crippen molar-refractivity contribution in [3.8, 4) is 0 Å². The number of esters is 1. The van der Waals surface area contributed by atoms with E-state index in [4.69, 9.17) is 10.2 Å². The number of nitrogens with zero attached hydrogens (tertiary/aromatic N) is 2. The summed E-state index contributed by atoms with van der Waals surface area (Å²) in [6, 6.07) is 0. The number of hydrogen-bond donors (Lipinski definition) is 1. The molecule has 0 spiro atoms. The Kier molecular flexibility index (Phi) is 15.1. The second-order valence-corrected chi connectivity index (χ2v) is 8.21. The molecule has 180 valence electrons. The van der Waals surface area contributed by atoms with Crippen molar-refractivity contribution >= 4 is 17.8 Å². The number of hydrogen-bond acceptors (Lipinski definition) is 5. The molecule has 0 amide bonds. The maximum absolute atomic E-state index is 12.2. The molecule has 0 bridgehead atoms. The molecular weight excluding hydrogens is 404 g/mol. The summed E-state index contributed by atoms with van der Waals surface area (Å²) in [5.41, 5.74) is 3.13. The Labute approximate surface area is 193 Å². The molecule has 32 heavy (non-hydrogen) atoms. The van der Waals surface area contributed by atoms with Crippen LogP contribution in [0.1, 0.15) is 94.5 Å². The number of ketones is 1. The molecule has 0 unspecified atom stereocenters. The molecule has 0 saturated carbocycles. The number of aliphatic hydroxyl groups excluding tert-OH is 1. The zero-order chi connectivity index (χ0) is 23.6. The van der Waals surface area contributed by atoms with Gasteiger partial charge in [0.05, 0.1) is 12.8 Å². The lowest BCUT2D eigenvalue weighted by molar-refractivity contribution is -0.140. The van der Waals surface area contributed by atoms with Crippen molar-refractivity contribution in [1.82, 2.24) is 9.78 Å². The largest absolute Gasteiger partial charge is 0.469 e. The van der Waals surface area contributed by atoms with Crippen LogP contribution in [0.15, 0.2) is 18.2 Å². The standard InChI is InChI=1S/C26H42N2O4/c1-4-5-10-15-23(30)18-19-25-24(16-11-6-7-12-17-26(31)32-3)22(2)28(27-25)20-13-8-9-14-21-29/h6,11,18-19,29H,4-5,7-10,12-17,20-21H2,1-3H3/b11-6-,19-18+. The number of rotatable bonds is 18. The highest BCUT2D eigenvalue weighted by atomic mass is 16.5. The Hall–Kier alpha value is -2.21.